The van der Waals surface area contributed by atoms with Gasteiger partial charge in [0, 0.05) is 17.3 Å². The summed E-state index contributed by atoms with van der Waals surface area (Å²) in [5.74, 6) is 0.873. The molecule has 2 heterocycles. The Balaban J connectivity index is 2.00. The van der Waals surface area contributed by atoms with Gasteiger partial charge in [-0.3, -0.25) is 4.98 Å². The van der Waals surface area contributed by atoms with E-state index in [-0.39, 0.29) is 0 Å². The molecule has 0 radical (unpaired) electrons. The van der Waals surface area contributed by atoms with Gasteiger partial charge in [-0.1, -0.05) is 17.7 Å². The van der Waals surface area contributed by atoms with Crippen molar-refractivity contribution in [1.29, 1.82) is 0 Å². The van der Waals surface area contributed by atoms with Crippen molar-refractivity contribution < 1.29 is 0 Å². The maximum atomic E-state index is 6.04. The third kappa shape index (κ3) is 2.65. The number of nitrogens with one attached hydrogen (secondary N) is 1. The van der Waals surface area contributed by atoms with E-state index >= 15 is 0 Å². The Labute approximate surface area is 122 Å². The molecule has 1 N–H and O–H groups in total. The second-order valence-corrected chi connectivity index (χ2v) is 4.87. The molecule has 0 unspecified atom stereocenters. The molecule has 20 heavy (non-hydrogen) atoms. The molecule has 3 rings (SSSR count). The highest BCUT2D eigenvalue weighted by molar-refractivity contribution is 6.30. The quantitative estimate of drug-likeness (QED) is 0.791. The van der Waals surface area contributed by atoms with E-state index in [9.17, 15) is 0 Å². The smallest absolute Gasteiger partial charge is 0.134 e. The standard InChI is InChI=1S/C15H13ClN4/c1-11-8-15(18-13-5-3-7-17-10-13)20(19-11)14-6-2-4-12(16)9-14/h2-10,18H,1H3. The van der Waals surface area contributed by atoms with Crippen LogP contribution in [0.1, 0.15) is 5.69 Å². The zero-order chi connectivity index (χ0) is 13.9. The molecule has 0 saturated heterocycles. The Morgan fingerprint density at radius 2 is 2.05 bits per heavy atom. The van der Waals surface area contributed by atoms with E-state index in [4.69, 9.17) is 11.6 Å². The molecule has 0 saturated carbocycles. The van der Waals surface area contributed by atoms with Crippen LogP contribution in [0, 0.1) is 6.92 Å². The number of hydrogen-bond donors (Lipinski definition) is 1. The molecule has 3 aromatic rings. The largest absolute Gasteiger partial charge is 0.339 e. The van der Waals surface area contributed by atoms with Crippen molar-refractivity contribution in [2.24, 2.45) is 0 Å². The summed E-state index contributed by atoms with van der Waals surface area (Å²) in [6, 6.07) is 13.4. The lowest BCUT2D eigenvalue weighted by atomic mass is 10.3. The summed E-state index contributed by atoms with van der Waals surface area (Å²) >= 11 is 6.04. The topological polar surface area (TPSA) is 42.7 Å². The van der Waals surface area contributed by atoms with E-state index in [2.05, 4.69) is 15.4 Å². The maximum absolute atomic E-state index is 6.04. The van der Waals surface area contributed by atoms with E-state index < -0.39 is 0 Å². The van der Waals surface area contributed by atoms with Gasteiger partial charge in [-0.05, 0) is 37.3 Å². The SMILES string of the molecule is Cc1cc(Nc2cccnc2)n(-c2cccc(Cl)c2)n1. The average molecular weight is 285 g/mol. The first kappa shape index (κ1) is 12.7. The molecule has 0 spiro atoms. The molecule has 0 aliphatic rings. The molecular formula is C15H13ClN4. The first-order valence-electron chi connectivity index (χ1n) is 6.22. The summed E-state index contributed by atoms with van der Waals surface area (Å²) < 4.78 is 1.83. The fraction of sp³-hybridized carbons (Fsp3) is 0.0667. The van der Waals surface area contributed by atoms with Crippen molar-refractivity contribution in [3.8, 4) is 5.69 Å². The van der Waals surface area contributed by atoms with Gasteiger partial charge in [0.05, 0.1) is 23.3 Å². The molecule has 0 atom stereocenters. The van der Waals surface area contributed by atoms with Crippen LogP contribution < -0.4 is 5.32 Å². The van der Waals surface area contributed by atoms with Crippen LogP contribution in [0.15, 0.2) is 54.9 Å². The summed E-state index contributed by atoms with van der Waals surface area (Å²) in [7, 11) is 0. The Kier molecular flexibility index (Phi) is 3.39. The number of pyridine rings is 1. The van der Waals surface area contributed by atoms with Gasteiger partial charge < -0.3 is 5.32 Å². The lowest BCUT2D eigenvalue weighted by Crippen LogP contribution is -2.02. The van der Waals surface area contributed by atoms with Crippen molar-refractivity contribution in [2.45, 2.75) is 6.92 Å². The monoisotopic (exact) mass is 284 g/mol. The van der Waals surface area contributed by atoms with Gasteiger partial charge in [0.2, 0.25) is 0 Å². The number of halogens is 1. The third-order valence-corrected chi connectivity index (χ3v) is 3.05. The van der Waals surface area contributed by atoms with Gasteiger partial charge in [0.15, 0.2) is 0 Å². The molecule has 4 nitrogen and oxygen atoms in total. The van der Waals surface area contributed by atoms with Crippen molar-refractivity contribution in [2.75, 3.05) is 5.32 Å². The number of anilines is 2. The molecule has 0 fully saturated rings. The van der Waals surface area contributed by atoms with E-state index in [0.29, 0.717) is 5.02 Å². The normalized spacial score (nSPS) is 10.5. The number of nitrogens with zero attached hydrogens (tertiary/aromatic N) is 3. The molecule has 0 bridgehead atoms. The summed E-state index contributed by atoms with van der Waals surface area (Å²) in [6.07, 6.45) is 3.51. The van der Waals surface area contributed by atoms with E-state index in [0.717, 1.165) is 22.9 Å². The van der Waals surface area contributed by atoms with Crippen LogP contribution in [0.5, 0.6) is 0 Å². The van der Waals surface area contributed by atoms with Crippen molar-refractivity contribution in [3.05, 3.63) is 65.6 Å². The highest BCUT2D eigenvalue weighted by Gasteiger charge is 2.08. The van der Waals surface area contributed by atoms with Crippen LogP contribution in [-0.4, -0.2) is 14.8 Å². The second kappa shape index (κ2) is 5.35. The Morgan fingerprint density at radius 1 is 1.15 bits per heavy atom. The predicted octanol–water partition coefficient (Wildman–Crippen LogP) is 3.97. The molecule has 1 aromatic carbocycles. The maximum Gasteiger partial charge on any atom is 0.134 e. The van der Waals surface area contributed by atoms with Crippen molar-refractivity contribution in [1.82, 2.24) is 14.8 Å². The molecule has 2 aromatic heterocycles. The molecule has 0 aliphatic heterocycles. The fourth-order valence-corrected chi connectivity index (χ4v) is 2.16. The number of aryl methyl sites for hydroxylation is 1. The lowest BCUT2D eigenvalue weighted by Gasteiger charge is -2.09. The van der Waals surface area contributed by atoms with Crippen LogP contribution in [0.4, 0.5) is 11.5 Å². The fourth-order valence-electron chi connectivity index (χ4n) is 1.98. The van der Waals surface area contributed by atoms with Gasteiger partial charge in [0.1, 0.15) is 5.82 Å². The number of hydrogen-bond acceptors (Lipinski definition) is 3. The van der Waals surface area contributed by atoms with E-state index in [1.807, 2.05) is 54.1 Å². The average Bonchev–Trinajstić information content (AvgIpc) is 2.81. The minimum absolute atomic E-state index is 0.683. The van der Waals surface area contributed by atoms with Gasteiger partial charge in [-0.2, -0.15) is 5.10 Å². The first-order chi connectivity index (χ1) is 9.72. The van der Waals surface area contributed by atoms with Crippen LogP contribution in [0.3, 0.4) is 0 Å². The molecular weight excluding hydrogens is 272 g/mol. The molecule has 0 amide bonds. The zero-order valence-corrected chi connectivity index (χ0v) is 11.7. The van der Waals surface area contributed by atoms with Crippen LogP contribution in [-0.2, 0) is 0 Å². The Morgan fingerprint density at radius 3 is 2.80 bits per heavy atom. The van der Waals surface area contributed by atoms with Gasteiger partial charge >= 0.3 is 0 Å². The summed E-state index contributed by atoms with van der Waals surface area (Å²) in [5, 5.41) is 8.48. The summed E-state index contributed by atoms with van der Waals surface area (Å²) in [5.41, 5.74) is 2.75. The Bertz CT molecular complexity index is 722. The number of benzene rings is 1. The first-order valence-corrected chi connectivity index (χ1v) is 6.60. The van der Waals surface area contributed by atoms with Crippen LogP contribution in [0.2, 0.25) is 5.02 Å². The van der Waals surface area contributed by atoms with Gasteiger partial charge in [-0.15, -0.1) is 0 Å². The van der Waals surface area contributed by atoms with Crippen LogP contribution in [0.25, 0.3) is 5.69 Å². The number of aromatic nitrogens is 3. The van der Waals surface area contributed by atoms with Crippen molar-refractivity contribution in [3.63, 3.8) is 0 Å². The lowest BCUT2D eigenvalue weighted by molar-refractivity contribution is 0.869. The van der Waals surface area contributed by atoms with Gasteiger partial charge in [-0.25, -0.2) is 4.68 Å². The van der Waals surface area contributed by atoms with E-state index in [1.165, 1.54) is 0 Å². The van der Waals surface area contributed by atoms with Crippen LogP contribution >= 0.6 is 11.6 Å². The third-order valence-electron chi connectivity index (χ3n) is 2.82. The highest BCUT2D eigenvalue weighted by atomic mass is 35.5. The van der Waals surface area contributed by atoms with Gasteiger partial charge in [0.25, 0.3) is 0 Å². The second-order valence-electron chi connectivity index (χ2n) is 4.43. The zero-order valence-electron chi connectivity index (χ0n) is 10.9. The highest BCUT2D eigenvalue weighted by Crippen LogP contribution is 2.22. The summed E-state index contributed by atoms with van der Waals surface area (Å²) in [6.45, 7) is 1.95. The van der Waals surface area contributed by atoms with Crippen molar-refractivity contribution >= 4 is 23.1 Å². The Hall–Kier alpha value is -2.33. The predicted molar refractivity (Wildman–Crippen MR) is 80.8 cm³/mol. The van der Waals surface area contributed by atoms with E-state index in [1.54, 1.807) is 12.4 Å². The number of rotatable bonds is 3. The molecule has 100 valence electrons. The molecule has 5 heteroatoms. The minimum atomic E-state index is 0.683. The molecule has 0 aliphatic carbocycles. The summed E-state index contributed by atoms with van der Waals surface area (Å²) in [4.78, 5) is 4.09. The minimum Gasteiger partial charge on any atom is -0.339 e.